The lowest BCUT2D eigenvalue weighted by Crippen LogP contribution is -2.04. The molecule has 8 heteroatoms. The van der Waals surface area contributed by atoms with Crippen molar-refractivity contribution in [1.82, 2.24) is 19.5 Å². The summed E-state index contributed by atoms with van der Waals surface area (Å²) < 4.78 is 45.4. The molecule has 2 aromatic heterocycles. The maximum absolute atomic E-state index is 12.8. The van der Waals surface area contributed by atoms with Gasteiger partial charge >= 0.3 is 6.18 Å². The predicted molar refractivity (Wildman–Crippen MR) is 89.5 cm³/mol. The van der Waals surface area contributed by atoms with Crippen LogP contribution in [-0.4, -0.2) is 19.5 Å². The lowest BCUT2D eigenvalue weighted by molar-refractivity contribution is -0.140. The number of nitrogens with zero attached hydrogens (tertiary/aromatic N) is 4. The van der Waals surface area contributed by atoms with Gasteiger partial charge in [0.1, 0.15) is 18.3 Å². The molecule has 0 aliphatic carbocycles. The van der Waals surface area contributed by atoms with Gasteiger partial charge in [0.2, 0.25) is 5.88 Å². The normalized spacial score (nSPS) is 11.6. The van der Waals surface area contributed by atoms with E-state index in [0.29, 0.717) is 23.9 Å². The molecule has 136 valence electrons. The van der Waals surface area contributed by atoms with Crippen LogP contribution < -0.4 is 4.74 Å². The summed E-state index contributed by atoms with van der Waals surface area (Å²) in [5, 5.41) is 0. The first-order valence-corrected chi connectivity index (χ1v) is 7.87. The molecule has 0 bridgehead atoms. The smallest absolute Gasteiger partial charge is 0.434 e. The van der Waals surface area contributed by atoms with Crippen LogP contribution in [0.4, 0.5) is 13.2 Å². The number of hydrogen-bond donors (Lipinski definition) is 0. The second kappa shape index (κ2) is 6.78. The minimum absolute atomic E-state index is 0.257. The number of rotatable bonds is 4. The van der Waals surface area contributed by atoms with Gasteiger partial charge in [-0.25, -0.2) is 9.97 Å². The molecule has 0 aliphatic heterocycles. The predicted octanol–water partition coefficient (Wildman–Crippen LogP) is 4.09. The molecule has 3 rings (SSSR count). The summed E-state index contributed by atoms with van der Waals surface area (Å²) in [6.07, 6.45) is -1.79. The van der Waals surface area contributed by atoms with E-state index < -0.39 is 11.9 Å². The van der Waals surface area contributed by atoms with Gasteiger partial charge in [0.15, 0.2) is 5.69 Å². The number of benzene rings is 1. The van der Waals surface area contributed by atoms with E-state index in [1.165, 1.54) is 11.6 Å². The Morgan fingerprint density at radius 2 is 1.77 bits per heavy atom. The molecule has 2 heterocycles. The topological polar surface area (TPSA) is 52.8 Å². The van der Waals surface area contributed by atoms with Gasteiger partial charge in [-0.1, -0.05) is 24.3 Å². The van der Waals surface area contributed by atoms with E-state index in [9.17, 15) is 13.2 Å². The first kappa shape index (κ1) is 17.9. The molecule has 0 atom stereocenters. The van der Waals surface area contributed by atoms with Gasteiger partial charge in [0.25, 0.3) is 0 Å². The van der Waals surface area contributed by atoms with Crippen LogP contribution in [0, 0.1) is 13.8 Å². The molecule has 0 fully saturated rings. The van der Waals surface area contributed by atoms with Gasteiger partial charge in [-0.05, 0) is 19.4 Å². The summed E-state index contributed by atoms with van der Waals surface area (Å²) in [6.45, 7) is 3.94. The highest BCUT2D eigenvalue weighted by Gasteiger charge is 2.34. The lowest BCUT2D eigenvalue weighted by atomic mass is 10.1. The first-order chi connectivity index (χ1) is 12.2. The molecule has 0 amide bonds. The molecule has 0 aliphatic rings. The number of ether oxygens (including phenoxy) is 1. The monoisotopic (exact) mass is 362 g/mol. The van der Waals surface area contributed by atoms with Crippen molar-refractivity contribution in [3.63, 3.8) is 0 Å². The molecule has 0 saturated carbocycles. The Morgan fingerprint density at radius 3 is 2.38 bits per heavy atom. The molecule has 3 aromatic rings. The lowest BCUT2D eigenvalue weighted by Gasteiger charge is -2.09. The summed E-state index contributed by atoms with van der Waals surface area (Å²) in [5.41, 5.74) is 1.40. The quantitative estimate of drug-likeness (QED) is 0.701. The number of alkyl halides is 3. The fourth-order valence-corrected chi connectivity index (χ4v) is 2.43. The Kier molecular flexibility index (Phi) is 4.67. The van der Waals surface area contributed by atoms with Crippen LogP contribution in [0.25, 0.3) is 11.4 Å². The summed E-state index contributed by atoms with van der Waals surface area (Å²) in [5.74, 6) is 1.39. The Balaban J connectivity index is 1.75. The van der Waals surface area contributed by atoms with Crippen LogP contribution in [-0.2, 0) is 19.8 Å². The van der Waals surface area contributed by atoms with Gasteiger partial charge in [0.05, 0.1) is 0 Å². The van der Waals surface area contributed by atoms with Gasteiger partial charge in [-0.2, -0.15) is 18.2 Å². The molecular formula is C18H17F3N4O. The molecular weight excluding hydrogens is 345 g/mol. The van der Waals surface area contributed by atoms with Crippen molar-refractivity contribution in [1.29, 1.82) is 0 Å². The average Bonchev–Trinajstić information content (AvgIpc) is 2.98. The standard InChI is InChI=1S/C18H17F3N4O/c1-11-8-22-12(2)23-17(11)26-10-13-4-6-14(7-5-13)16-24-15(9-25(16)3)18(19,20)21/h4-9H,10H2,1-3H3. The number of aryl methyl sites for hydroxylation is 3. The molecule has 0 unspecified atom stereocenters. The number of aromatic nitrogens is 4. The number of hydrogen-bond acceptors (Lipinski definition) is 4. The maximum Gasteiger partial charge on any atom is 0.434 e. The largest absolute Gasteiger partial charge is 0.473 e. The molecule has 1 aromatic carbocycles. The van der Waals surface area contributed by atoms with Crippen molar-refractivity contribution in [2.75, 3.05) is 0 Å². The fourth-order valence-electron chi connectivity index (χ4n) is 2.43. The molecule has 0 radical (unpaired) electrons. The minimum atomic E-state index is -4.46. The Hall–Kier alpha value is -2.90. The zero-order chi connectivity index (χ0) is 18.9. The highest BCUT2D eigenvalue weighted by molar-refractivity contribution is 5.56. The average molecular weight is 362 g/mol. The van der Waals surface area contributed by atoms with Crippen LogP contribution in [0.3, 0.4) is 0 Å². The third-order valence-electron chi connectivity index (χ3n) is 3.80. The van der Waals surface area contributed by atoms with Crippen LogP contribution in [0.2, 0.25) is 0 Å². The minimum Gasteiger partial charge on any atom is -0.473 e. The zero-order valence-electron chi connectivity index (χ0n) is 14.5. The van der Waals surface area contributed by atoms with Crippen LogP contribution in [0.1, 0.15) is 22.6 Å². The summed E-state index contributed by atoms with van der Waals surface area (Å²) in [6, 6.07) is 7.03. The van der Waals surface area contributed by atoms with Crippen LogP contribution in [0.15, 0.2) is 36.7 Å². The van der Waals surface area contributed by atoms with Gasteiger partial charge < -0.3 is 9.30 Å². The first-order valence-electron chi connectivity index (χ1n) is 7.87. The Morgan fingerprint density at radius 1 is 1.08 bits per heavy atom. The summed E-state index contributed by atoms with van der Waals surface area (Å²) in [7, 11) is 1.54. The van der Waals surface area contributed by atoms with Crippen molar-refractivity contribution < 1.29 is 17.9 Å². The Bertz CT molecular complexity index is 917. The SMILES string of the molecule is Cc1ncc(C)c(OCc2ccc(-c3nc(C(F)(F)F)cn3C)cc2)n1. The summed E-state index contributed by atoms with van der Waals surface area (Å²) >= 11 is 0. The highest BCUT2D eigenvalue weighted by Crippen LogP contribution is 2.30. The van der Waals surface area contributed by atoms with E-state index in [2.05, 4.69) is 15.0 Å². The maximum atomic E-state index is 12.8. The fraction of sp³-hybridized carbons (Fsp3) is 0.278. The van der Waals surface area contributed by atoms with Gasteiger partial charge in [-0.3, -0.25) is 0 Å². The molecule has 0 saturated heterocycles. The van der Waals surface area contributed by atoms with Crippen molar-refractivity contribution >= 4 is 0 Å². The van der Waals surface area contributed by atoms with E-state index in [1.807, 2.05) is 6.92 Å². The third-order valence-corrected chi connectivity index (χ3v) is 3.80. The molecule has 5 nitrogen and oxygen atoms in total. The number of imidazole rings is 1. The molecule has 26 heavy (non-hydrogen) atoms. The Labute approximate surface area is 148 Å². The molecule has 0 spiro atoms. The van der Waals surface area contributed by atoms with Gasteiger partial charge in [0, 0.05) is 30.6 Å². The van der Waals surface area contributed by atoms with E-state index >= 15 is 0 Å². The van der Waals surface area contributed by atoms with Crippen LogP contribution in [0.5, 0.6) is 5.88 Å². The third kappa shape index (κ3) is 3.84. The van der Waals surface area contributed by atoms with E-state index in [0.717, 1.165) is 17.3 Å². The second-order valence-corrected chi connectivity index (χ2v) is 5.95. The second-order valence-electron chi connectivity index (χ2n) is 5.95. The van der Waals surface area contributed by atoms with E-state index in [1.54, 1.807) is 37.4 Å². The molecule has 0 N–H and O–H groups in total. The van der Waals surface area contributed by atoms with E-state index in [4.69, 9.17) is 4.74 Å². The van der Waals surface area contributed by atoms with Crippen LogP contribution >= 0.6 is 0 Å². The number of halogens is 3. The van der Waals surface area contributed by atoms with Crippen molar-refractivity contribution in [2.45, 2.75) is 26.6 Å². The van der Waals surface area contributed by atoms with Crippen molar-refractivity contribution in [2.24, 2.45) is 7.05 Å². The highest BCUT2D eigenvalue weighted by atomic mass is 19.4. The van der Waals surface area contributed by atoms with Crippen molar-refractivity contribution in [3.05, 3.63) is 59.3 Å². The van der Waals surface area contributed by atoms with Crippen molar-refractivity contribution in [3.8, 4) is 17.3 Å². The van der Waals surface area contributed by atoms with Gasteiger partial charge in [-0.15, -0.1) is 0 Å². The van der Waals surface area contributed by atoms with E-state index in [-0.39, 0.29) is 5.82 Å². The summed E-state index contributed by atoms with van der Waals surface area (Å²) in [4.78, 5) is 12.0. The zero-order valence-corrected chi connectivity index (χ0v) is 14.5.